The third kappa shape index (κ3) is 2.07. The molecule has 0 aromatic heterocycles. The monoisotopic (exact) mass is 208 g/mol. The molecule has 3 heteroatoms. The van der Waals surface area contributed by atoms with E-state index in [0.29, 0.717) is 11.7 Å². The van der Waals surface area contributed by atoms with Gasteiger partial charge >= 0.3 is 0 Å². The summed E-state index contributed by atoms with van der Waals surface area (Å²) in [6.07, 6.45) is 1.90. The van der Waals surface area contributed by atoms with Crippen molar-refractivity contribution in [3.05, 3.63) is 23.8 Å². The lowest BCUT2D eigenvalue weighted by atomic mass is 9.90. The van der Waals surface area contributed by atoms with Gasteiger partial charge in [0.25, 0.3) is 0 Å². The molecule has 1 aliphatic heterocycles. The highest BCUT2D eigenvalue weighted by Gasteiger charge is 2.22. The molecular weight excluding hydrogens is 192 g/mol. The first-order valence-electron chi connectivity index (χ1n) is 5.26. The summed E-state index contributed by atoms with van der Waals surface area (Å²) in [4.78, 5) is 0. The molecule has 1 aromatic rings. The molecule has 1 heterocycles. The Morgan fingerprint density at radius 2 is 2.07 bits per heavy atom. The molecule has 1 fully saturated rings. The van der Waals surface area contributed by atoms with Gasteiger partial charge < -0.3 is 14.6 Å². The summed E-state index contributed by atoms with van der Waals surface area (Å²) in [6, 6.07) is 5.41. The SMILES string of the molecule is COc1cccc(O)c1C1CCOCC1. The lowest BCUT2D eigenvalue weighted by Crippen LogP contribution is -2.14. The van der Waals surface area contributed by atoms with Crippen LogP contribution in [0.1, 0.15) is 24.3 Å². The van der Waals surface area contributed by atoms with Gasteiger partial charge in [0.2, 0.25) is 0 Å². The molecule has 1 N–H and O–H groups in total. The Labute approximate surface area is 89.6 Å². The summed E-state index contributed by atoms with van der Waals surface area (Å²) in [7, 11) is 1.64. The summed E-state index contributed by atoms with van der Waals surface area (Å²) in [5.41, 5.74) is 0.934. The number of phenols is 1. The van der Waals surface area contributed by atoms with Crippen LogP contribution in [0.25, 0.3) is 0 Å². The highest BCUT2D eigenvalue weighted by Crippen LogP contribution is 2.39. The fourth-order valence-corrected chi connectivity index (χ4v) is 2.11. The van der Waals surface area contributed by atoms with Crippen LogP contribution in [0, 0.1) is 0 Å². The van der Waals surface area contributed by atoms with Gasteiger partial charge in [-0.15, -0.1) is 0 Å². The van der Waals surface area contributed by atoms with Gasteiger partial charge in [-0.25, -0.2) is 0 Å². The molecule has 0 atom stereocenters. The zero-order chi connectivity index (χ0) is 10.7. The molecule has 0 unspecified atom stereocenters. The van der Waals surface area contributed by atoms with E-state index in [4.69, 9.17) is 9.47 Å². The number of ether oxygens (including phenoxy) is 2. The molecule has 0 amide bonds. The lowest BCUT2D eigenvalue weighted by molar-refractivity contribution is 0.0843. The molecule has 0 bridgehead atoms. The predicted octanol–water partition coefficient (Wildman–Crippen LogP) is 2.29. The first kappa shape index (κ1) is 10.3. The van der Waals surface area contributed by atoms with E-state index in [2.05, 4.69) is 0 Å². The van der Waals surface area contributed by atoms with Gasteiger partial charge in [-0.3, -0.25) is 0 Å². The summed E-state index contributed by atoms with van der Waals surface area (Å²) < 4.78 is 10.6. The maximum atomic E-state index is 9.85. The van der Waals surface area contributed by atoms with Crippen LogP contribution in [0.3, 0.4) is 0 Å². The summed E-state index contributed by atoms with van der Waals surface area (Å²) in [5, 5.41) is 9.85. The molecule has 0 saturated carbocycles. The molecule has 3 nitrogen and oxygen atoms in total. The van der Waals surface area contributed by atoms with Crippen molar-refractivity contribution in [2.24, 2.45) is 0 Å². The van der Waals surface area contributed by atoms with Crippen LogP contribution in [0.4, 0.5) is 0 Å². The van der Waals surface area contributed by atoms with Gasteiger partial charge in [0.15, 0.2) is 0 Å². The Morgan fingerprint density at radius 3 is 2.73 bits per heavy atom. The van der Waals surface area contributed by atoms with Gasteiger partial charge in [-0.1, -0.05) is 6.07 Å². The minimum absolute atomic E-state index is 0.334. The number of hydrogen-bond donors (Lipinski definition) is 1. The normalized spacial score (nSPS) is 17.7. The van der Waals surface area contributed by atoms with Crippen molar-refractivity contribution in [1.82, 2.24) is 0 Å². The van der Waals surface area contributed by atoms with Crippen LogP contribution < -0.4 is 4.74 Å². The first-order chi connectivity index (χ1) is 7.33. The number of aromatic hydroxyl groups is 1. The number of phenolic OH excluding ortho intramolecular Hbond substituents is 1. The number of rotatable bonds is 2. The smallest absolute Gasteiger partial charge is 0.126 e. The van der Waals surface area contributed by atoms with Gasteiger partial charge in [-0.05, 0) is 30.9 Å². The van der Waals surface area contributed by atoms with E-state index in [1.807, 2.05) is 6.07 Å². The molecular formula is C12H16O3. The van der Waals surface area contributed by atoms with Crippen molar-refractivity contribution >= 4 is 0 Å². The van der Waals surface area contributed by atoms with Crippen LogP contribution in [0.2, 0.25) is 0 Å². The average molecular weight is 208 g/mol. The van der Waals surface area contributed by atoms with E-state index in [0.717, 1.165) is 37.4 Å². The molecule has 2 rings (SSSR count). The minimum atomic E-state index is 0.334. The maximum Gasteiger partial charge on any atom is 0.126 e. The minimum Gasteiger partial charge on any atom is -0.508 e. The average Bonchev–Trinajstić information content (AvgIpc) is 2.29. The highest BCUT2D eigenvalue weighted by molar-refractivity contribution is 5.46. The second-order valence-electron chi connectivity index (χ2n) is 3.78. The Bertz CT molecular complexity index is 330. The molecule has 1 aromatic carbocycles. The second-order valence-corrected chi connectivity index (χ2v) is 3.78. The van der Waals surface area contributed by atoms with Crippen molar-refractivity contribution in [3.8, 4) is 11.5 Å². The Balaban J connectivity index is 2.31. The highest BCUT2D eigenvalue weighted by atomic mass is 16.5. The Morgan fingerprint density at radius 1 is 1.33 bits per heavy atom. The second kappa shape index (κ2) is 4.53. The van der Waals surface area contributed by atoms with E-state index < -0.39 is 0 Å². The zero-order valence-corrected chi connectivity index (χ0v) is 8.90. The number of benzene rings is 1. The lowest BCUT2D eigenvalue weighted by Gasteiger charge is -2.24. The standard InChI is InChI=1S/C12H16O3/c1-14-11-4-2-3-10(13)12(11)9-5-7-15-8-6-9/h2-4,9,13H,5-8H2,1H3. The number of methoxy groups -OCH3 is 1. The zero-order valence-electron chi connectivity index (χ0n) is 8.90. The van der Waals surface area contributed by atoms with E-state index in [-0.39, 0.29) is 0 Å². The predicted molar refractivity (Wildman–Crippen MR) is 57.5 cm³/mol. The third-order valence-electron chi connectivity index (χ3n) is 2.89. The van der Waals surface area contributed by atoms with Crippen LogP contribution in [0.15, 0.2) is 18.2 Å². The van der Waals surface area contributed by atoms with Crippen molar-refractivity contribution in [2.45, 2.75) is 18.8 Å². The molecule has 82 valence electrons. The quantitative estimate of drug-likeness (QED) is 0.810. The molecule has 1 aliphatic rings. The van der Waals surface area contributed by atoms with Crippen LogP contribution in [-0.4, -0.2) is 25.4 Å². The molecule has 0 aliphatic carbocycles. The van der Waals surface area contributed by atoms with Crippen LogP contribution in [-0.2, 0) is 4.74 Å². The van der Waals surface area contributed by atoms with Crippen molar-refractivity contribution in [2.75, 3.05) is 20.3 Å². The fourth-order valence-electron chi connectivity index (χ4n) is 2.11. The summed E-state index contributed by atoms with van der Waals surface area (Å²) >= 11 is 0. The third-order valence-corrected chi connectivity index (χ3v) is 2.89. The van der Waals surface area contributed by atoms with Crippen LogP contribution >= 0.6 is 0 Å². The molecule has 0 spiro atoms. The van der Waals surface area contributed by atoms with Gasteiger partial charge in [0, 0.05) is 18.8 Å². The maximum absolute atomic E-state index is 9.85. The fraction of sp³-hybridized carbons (Fsp3) is 0.500. The topological polar surface area (TPSA) is 38.7 Å². The molecule has 15 heavy (non-hydrogen) atoms. The molecule has 0 radical (unpaired) electrons. The van der Waals surface area contributed by atoms with Crippen LogP contribution in [0.5, 0.6) is 11.5 Å². The van der Waals surface area contributed by atoms with Gasteiger partial charge in [0.05, 0.1) is 7.11 Å². The summed E-state index contributed by atoms with van der Waals surface area (Å²) in [6.45, 7) is 1.53. The van der Waals surface area contributed by atoms with E-state index in [9.17, 15) is 5.11 Å². The van der Waals surface area contributed by atoms with Crippen molar-refractivity contribution in [3.63, 3.8) is 0 Å². The summed E-state index contributed by atoms with van der Waals surface area (Å²) in [5.74, 6) is 1.47. The first-order valence-corrected chi connectivity index (χ1v) is 5.26. The molecule has 1 saturated heterocycles. The van der Waals surface area contributed by atoms with Gasteiger partial charge in [0.1, 0.15) is 11.5 Å². The van der Waals surface area contributed by atoms with E-state index in [1.165, 1.54) is 0 Å². The van der Waals surface area contributed by atoms with E-state index >= 15 is 0 Å². The Kier molecular flexibility index (Phi) is 3.11. The van der Waals surface area contributed by atoms with Gasteiger partial charge in [-0.2, -0.15) is 0 Å². The van der Waals surface area contributed by atoms with Crippen molar-refractivity contribution in [1.29, 1.82) is 0 Å². The van der Waals surface area contributed by atoms with E-state index in [1.54, 1.807) is 19.2 Å². The largest absolute Gasteiger partial charge is 0.508 e. The number of hydrogen-bond acceptors (Lipinski definition) is 3. The Hall–Kier alpha value is -1.22. The van der Waals surface area contributed by atoms with Crippen molar-refractivity contribution < 1.29 is 14.6 Å².